The van der Waals surface area contributed by atoms with Gasteiger partial charge in [-0.3, -0.25) is 0 Å². The molecule has 1 rings (SSSR count). The molecule has 0 aromatic carbocycles. The molecule has 0 spiro atoms. The Kier molecular flexibility index (Phi) is 2.52. The lowest BCUT2D eigenvalue weighted by molar-refractivity contribution is -0.242. The first-order valence-corrected chi connectivity index (χ1v) is 4.09. The van der Waals surface area contributed by atoms with Crippen LogP contribution >= 0.6 is 0 Å². The van der Waals surface area contributed by atoms with Crippen LogP contribution < -0.4 is 0 Å². The lowest BCUT2D eigenvalue weighted by atomic mass is 9.92. The number of hydrogen-bond donors (Lipinski definition) is 0. The Morgan fingerprint density at radius 3 is 2.92 bits per heavy atom. The van der Waals surface area contributed by atoms with Crippen LogP contribution in [0.5, 0.6) is 0 Å². The molecular weight excluding hydrogens is 156 g/mol. The van der Waals surface area contributed by atoms with Gasteiger partial charge >= 0.3 is 5.97 Å². The summed E-state index contributed by atoms with van der Waals surface area (Å²) >= 11 is 0. The van der Waals surface area contributed by atoms with Gasteiger partial charge in [0.1, 0.15) is 0 Å². The first-order valence-electron chi connectivity index (χ1n) is 4.09. The van der Waals surface area contributed by atoms with Gasteiger partial charge < -0.3 is 9.47 Å². The number of hydrogen-bond acceptors (Lipinski definition) is 3. The Morgan fingerprint density at radius 1 is 1.92 bits per heavy atom. The van der Waals surface area contributed by atoms with Crippen molar-refractivity contribution in [3.8, 4) is 0 Å². The van der Waals surface area contributed by atoms with Gasteiger partial charge in [-0.1, -0.05) is 13.5 Å². The fraction of sp³-hybridized carbons (Fsp3) is 0.667. The molecule has 0 bridgehead atoms. The van der Waals surface area contributed by atoms with Gasteiger partial charge in [0, 0.05) is 6.08 Å². The van der Waals surface area contributed by atoms with Crippen LogP contribution in [0, 0.1) is 0 Å². The van der Waals surface area contributed by atoms with Crippen molar-refractivity contribution in [1.82, 2.24) is 0 Å². The van der Waals surface area contributed by atoms with Crippen molar-refractivity contribution in [3.63, 3.8) is 0 Å². The summed E-state index contributed by atoms with van der Waals surface area (Å²) in [7, 11) is 0. The molecule has 0 radical (unpaired) electrons. The summed E-state index contributed by atoms with van der Waals surface area (Å²) in [6.07, 6.45) is 2.08. The minimum absolute atomic E-state index is 0.0430. The van der Waals surface area contributed by atoms with Gasteiger partial charge in [-0.15, -0.1) is 0 Å². The Labute approximate surface area is 72.4 Å². The van der Waals surface area contributed by atoms with Crippen LogP contribution in [-0.4, -0.2) is 24.3 Å². The molecule has 2 atom stereocenters. The second-order valence-electron chi connectivity index (χ2n) is 3.15. The van der Waals surface area contributed by atoms with Gasteiger partial charge in [-0.05, 0) is 13.3 Å². The maximum absolute atomic E-state index is 10.9. The standard InChI is InChI=1S/C9H14O3/c1-4-7-9(3,6-11-7)12-8(10)5-2/h5,7H,2,4,6H2,1,3H3. The average molecular weight is 170 g/mol. The number of esters is 1. The second-order valence-corrected chi connectivity index (χ2v) is 3.15. The molecule has 0 saturated carbocycles. The van der Waals surface area contributed by atoms with Crippen molar-refractivity contribution < 1.29 is 14.3 Å². The van der Waals surface area contributed by atoms with Gasteiger partial charge in [0.25, 0.3) is 0 Å². The van der Waals surface area contributed by atoms with E-state index in [2.05, 4.69) is 6.58 Å². The van der Waals surface area contributed by atoms with Crippen molar-refractivity contribution in [2.24, 2.45) is 0 Å². The molecule has 12 heavy (non-hydrogen) atoms. The van der Waals surface area contributed by atoms with E-state index in [0.29, 0.717) is 6.61 Å². The first-order chi connectivity index (χ1) is 5.62. The van der Waals surface area contributed by atoms with Gasteiger partial charge in [0.2, 0.25) is 0 Å². The first kappa shape index (κ1) is 9.26. The fourth-order valence-electron chi connectivity index (χ4n) is 1.35. The van der Waals surface area contributed by atoms with Crippen molar-refractivity contribution in [1.29, 1.82) is 0 Å². The SMILES string of the molecule is C=CC(=O)OC1(C)COC1CC. The summed E-state index contributed by atoms with van der Waals surface area (Å²) in [5.41, 5.74) is -0.431. The zero-order chi connectivity index (χ0) is 9.19. The molecular formula is C9H14O3. The summed E-state index contributed by atoms with van der Waals surface area (Å²) in [6, 6.07) is 0. The highest BCUT2D eigenvalue weighted by Gasteiger charge is 2.46. The molecule has 0 amide bonds. The Hall–Kier alpha value is -0.830. The predicted molar refractivity (Wildman–Crippen MR) is 44.7 cm³/mol. The molecule has 3 heteroatoms. The van der Waals surface area contributed by atoms with Crippen LogP contribution in [0.15, 0.2) is 12.7 Å². The van der Waals surface area contributed by atoms with E-state index in [1.54, 1.807) is 0 Å². The smallest absolute Gasteiger partial charge is 0.330 e. The lowest BCUT2D eigenvalue weighted by Crippen LogP contribution is -2.58. The highest BCUT2D eigenvalue weighted by atomic mass is 16.6. The molecule has 0 aliphatic carbocycles. The van der Waals surface area contributed by atoms with Crippen LogP contribution in [-0.2, 0) is 14.3 Å². The van der Waals surface area contributed by atoms with E-state index in [1.165, 1.54) is 6.08 Å². The van der Waals surface area contributed by atoms with Gasteiger partial charge in [-0.2, -0.15) is 0 Å². The Balaban J connectivity index is 2.49. The second kappa shape index (κ2) is 3.27. The number of ether oxygens (including phenoxy) is 2. The van der Waals surface area contributed by atoms with Crippen molar-refractivity contribution in [3.05, 3.63) is 12.7 Å². The zero-order valence-electron chi connectivity index (χ0n) is 7.50. The molecule has 1 fully saturated rings. The van der Waals surface area contributed by atoms with E-state index in [-0.39, 0.29) is 12.1 Å². The van der Waals surface area contributed by atoms with Crippen LogP contribution in [0.4, 0.5) is 0 Å². The van der Waals surface area contributed by atoms with Gasteiger partial charge in [0.15, 0.2) is 5.60 Å². The highest BCUT2D eigenvalue weighted by Crippen LogP contribution is 2.31. The van der Waals surface area contributed by atoms with Gasteiger partial charge in [-0.25, -0.2) is 4.79 Å². The third kappa shape index (κ3) is 1.50. The fourth-order valence-corrected chi connectivity index (χ4v) is 1.35. The molecule has 0 N–H and O–H groups in total. The third-order valence-electron chi connectivity index (χ3n) is 2.12. The molecule has 0 aromatic rings. The minimum atomic E-state index is -0.431. The predicted octanol–water partition coefficient (Wildman–Crippen LogP) is 1.28. The molecule has 1 saturated heterocycles. The van der Waals surface area contributed by atoms with Crippen LogP contribution in [0.2, 0.25) is 0 Å². The summed E-state index contributed by atoms with van der Waals surface area (Å²) in [5.74, 6) is -0.376. The molecule has 0 aromatic heterocycles. The molecule has 1 aliphatic rings. The van der Waals surface area contributed by atoms with Crippen molar-refractivity contribution in [2.45, 2.75) is 32.0 Å². The normalized spacial score (nSPS) is 33.7. The number of carbonyl (C=O) groups excluding carboxylic acids is 1. The molecule has 68 valence electrons. The maximum atomic E-state index is 10.9. The van der Waals surface area contributed by atoms with E-state index < -0.39 is 5.60 Å². The highest BCUT2D eigenvalue weighted by molar-refractivity contribution is 5.81. The third-order valence-corrected chi connectivity index (χ3v) is 2.12. The van der Waals surface area contributed by atoms with Crippen molar-refractivity contribution in [2.75, 3.05) is 6.61 Å². The van der Waals surface area contributed by atoms with E-state index in [9.17, 15) is 4.79 Å². The molecule has 2 unspecified atom stereocenters. The van der Waals surface area contributed by atoms with Crippen molar-refractivity contribution >= 4 is 5.97 Å². The van der Waals surface area contributed by atoms with E-state index >= 15 is 0 Å². The molecule has 1 aliphatic heterocycles. The minimum Gasteiger partial charge on any atom is -0.451 e. The van der Waals surface area contributed by atoms with E-state index in [4.69, 9.17) is 9.47 Å². The van der Waals surface area contributed by atoms with E-state index in [0.717, 1.165) is 6.42 Å². The molecule has 3 nitrogen and oxygen atoms in total. The summed E-state index contributed by atoms with van der Waals surface area (Å²) in [6.45, 7) is 7.71. The topological polar surface area (TPSA) is 35.5 Å². The number of carbonyl (C=O) groups is 1. The number of rotatable bonds is 3. The summed E-state index contributed by atoms with van der Waals surface area (Å²) in [5, 5.41) is 0. The molecule has 1 heterocycles. The largest absolute Gasteiger partial charge is 0.451 e. The summed E-state index contributed by atoms with van der Waals surface area (Å²) in [4.78, 5) is 10.9. The quantitative estimate of drug-likeness (QED) is 0.473. The van der Waals surface area contributed by atoms with Crippen LogP contribution in [0.3, 0.4) is 0 Å². The van der Waals surface area contributed by atoms with Crippen LogP contribution in [0.25, 0.3) is 0 Å². The van der Waals surface area contributed by atoms with Gasteiger partial charge in [0.05, 0.1) is 12.7 Å². The van der Waals surface area contributed by atoms with E-state index in [1.807, 2.05) is 13.8 Å². The summed E-state index contributed by atoms with van der Waals surface area (Å²) < 4.78 is 10.4. The zero-order valence-corrected chi connectivity index (χ0v) is 7.50. The Morgan fingerprint density at radius 2 is 2.58 bits per heavy atom. The average Bonchev–Trinajstić information content (AvgIpc) is 2.03. The lowest BCUT2D eigenvalue weighted by Gasteiger charge is -2.45. The van der Waals surface area contributed by atoms with Crippen LogP contribution in [0.1, 0.15) is 20.3 Å². The maximum Gasteiger partial charge on any atom is 0.330 e. The Bertz CT molecular complexity index is 198. The monoisotopic (exact) mass is 170 g/mol.